The third-order valence-electron chi connectivity index (χ3n) is 6.73. The minimum absolute atomic E-state index is 0.214. The van der Waals surface area contributed by atoms with Crippen molar-refractivity contribution in [3.8, 4) is 5.75 Å². The normalized spacial score (nSPS) is 14.1. The van der Waals surface area contributed by atoms with Gasteiger partial charge in [0.2, 0.25) is 0 Å². The fourth-order valence-electron chi connectivity index (χ4n) is 4.88. The highest BCUT2D eigenvalue weighted by Crippen LogP contribution is 2.37. The van der Waals surface area contributed by atoms with Crippen molar-refractivity contribution in [2.24, 2.45) is 0 Å². The minimum atomic E-state index is -4.83. The Kier molecular flexibility index (Phi) is 8.07. The number of alkyl halides is 3. The number of aromatic nitrogens is 2. The van der Waals surface area contributed by atoms with Crippen LogP contribution < -0.4 is 10.1 Å². The molecular weight excluding hydrogens is 564 g/mol. The van der Waals surface area contributed by atoms with Crippen LogP contribution in [0.2, 0.25) is 10.2 Å². The van der Waals surface area contributed by atoms with Crippen molar-refractivity contribution >= 4 is 46.2 Å². The Morgan fingerprint density at radius 1 is 1.15 bits per heavy atom. The van der Waals surface area contributed by atoms with Crippen molar-refractivity contribution in [1.82, 2.24) is 19.8 Å². The topological polar surface area (TPSA) is 59.4 Å². The lowest BCUT2D eigenvalue weighted by molar-refractivity contribution is -0.274. The van der Waals surface area contributed by atoms with Gasteiger partial charge >= 0.3 is 12.4 Å². The van der Waals surface area contributed by atoms with Crippen LogP contribution in [0.15, 0.2) is 60.8 Å². The molecular formula is C29H25Cl2F3N4O2. The highest BCUT2D eigenvalue weighted by molar-refractivity contribution is 6.30. The Hall–Kier alpha value is -3.53. The van der Waals surface area contributed by atoms with Crippen molar-refractivity contribution in [2.75, 3.05) is 13.1 Å². The van der Waals surface area contributed by atoms with E-state index in [1.54, 1.807) is 29.0 Å². The van der Waals surface area contributed by atoms with Crippen molar-refractivity contribution in [2.45, 2.75) is 32.8 Å². The number of pyridine rings is 1. The molecule has 0 saturated carbocycles. The smallest absolute Gasteiger partial charge is 0.405 e. The third-order valence-corrected chi connectivity index (χ3v) is 7.19. The van der Waals surface area contributed by atoms with E-state index in [4.69, 9.17) is 23.2 Å². The summed E-state index contributed by atoms with van der Waals surface area (Å²) in [5, 5.41) is 4.43. The zero-order valence-corrected chi connectivity index (χ0v) is 22.9. The lowest BCUT2D eigenvalue weighted by atomic mass is 10.0. The van der Waals surface area contributed by atoms with E-state index in [2.05, 4.69) is 19.9 Å². The molecule has 0 aliphatic carbocycles. The van der Waals surface area contributed by atoms with Gasteiger partial charge in [0.15, 0.2) is 0 Å². The van der Waals surface area contributed by atoms with E-state index in [1.165, 1.54) is 13.0 Å². The molecule has 4 aromatic rings. The first kappa shape index (κ1) is 28.0. The molecule has 2 aromatic carbocycles. The van der Waals surface area contributed by atoms with Crippen LogP contribution in [0.3, 0.4) is 0 Å². The maximum absolute atomic E-state index is 13.5. The molecule has 2 aromatic heterocycles. The summed E-state index contributed by atoms with van der Waals surface area (Å²) >= 11 is 11.9. The molecule has 0 bridgehead atoms. The number of hydrogen-bond donors (Lipinski definition) is 1. The number of benzene rings is 2. The number of rotatable bonds is 6. The maximum Gasteiger partial charge on any atom is 0.573 e. The van der Waals surface area contributed by atoms with Crippen molar-refractivity contribution in [3.63, 3.8) is 0 Å². The van der Waals surface area contributed by atoms with Gasteiger partial charge in [-0.2, -0.15) is 0 Å². The summed E-state index contributed by atoms with van der Waals surface area (Å²) in [7, 11) is 0. The first-order chi connectivity index (χ1) is 19.1. The largest absolute Gasteiger partial charge is 0.573 e. The fourth-order valence-corrected chi connectivity index (χ4v) is 5.21. The Labute approximate surface area is 239 Å². The van der Waals surface area contributed by atoms with E-state index in [9.17, 15) is 18.0 Å². The Morgan fingerprint density at radius 3 is 2.65 bits per heavy atom. The molecule has 6 nitrogen and oxygen atoms in total. The minimum Gasteiger partial charge on any atom is -0.405 e. The van der Waals surface area contributed by atoms with Gasteiger partial charge in [-0.3, -0.25) is 9.47 Å². The van der Waals surface area contributed by atoms with Crippen LogP contribution >= 0.6 is 23.2 Å². The highest BCUT2D eigenvalue weighted by atomic mass is 35.5. The number of fused-ring (bicyclic) bond motifs is 3. The lowest BCUT2D eigenvalue weighted by Crippen LogP contribution is -2.34. The summed E-state index contributed by atoms with van der Waals surface area (Å²) in [6.07, 6.45) is 1.29. The molecule has 1 aliphatic heterocycles. The first-order valence-electron chi connectivity index (χ1n) is 12.5. The molecule has 40 heavy (non-hydrogen) atoms. The summed E-state index contributed by atoms with van der Waals surface area (Å²) in [6.45, 7) is 3.51. The predicted molar refractivity (Wildman–Crippen MR) is 150 cm³/mol. The molecule has 3 heterocycles. The lowest BCUT2D eigenvalue weighted by Gasteiger charge is -2.27. The number of ether oxygens (including phenoxy) is 1. The number of carbonyl (C=O) groups excluding carboxylic acids is 1. The van der Waals surface area contributed by atoms with Crippen LogP contribution in [-0.4, -0.2) is 39.9 Å². The second kappa shape index (κ2) is 11.5. The van der Waals surface area contributed by atoms with E-state index in [0.717, 1.165) is 22.4 Å². The molecule has 0 unspecified atom stereocenters. The van der Waals surface area contributed by atoms with Crippen LogP contribution in [0.4, 0.5) is 18.0 Å². The number of carbonyl (C=O) groups is 1. The third kappa shape index (κ3) is 6.43. The van der Waals surface area contributed by atoms with Gasteiger partial charge < -0.3 is 10.1 Å². The molecule has 11 heteroatoms. The molecule has 208 valence electrons. The molecule has 5 rings (SSSR count). The Bertz CT molecular complexity index is 1580. The van der Waals surface area contributed by atoms with Crippen LogP contribution in [-0.2, 0) is 19.5 Å². The van der Waals surface area contributed by atoms with E-state index < -0.39 is 6.36 Å². The summed E-state index contributed by atoms with van der Waals surface area (Å²) < 4.78 is 45.2. The highest BCUT2D eigenvalue weighted by Gasteiger charge is 2.33. The van der Waals surface area contributed by atoms with Gasteiger partial charge in [-0.15, -0.1) is 13.2 Å². The van der Waals surface area contributed by atoms with Gasteiger partial charge in [-0.1, -0.05) is 47.5 Å². The van der Waals surface area contributed by atoms with Gasteiger partial charge in [0.25, 0.3) is 0 Å². The summed E-state index contributed by atoms with van der Waals surface area (Å²) in [4.78, 5) is 19.6. The Morgan fingerprint density at radius 2 is 1.93 bits per heavy atom. The summed E-state index contributed by atoms with van der Waals surface area (Å²) in [6, 6.07) is 13.5. The average molecular weight is 589 g/mol. The second-order valence-corrected chi connectivity index (χ2v) is 10.4. The molecule has 0 fully saturated rings. The number of nitrogens with zero attached hydrogens (tertiary/aromatic N) is 3. The maximum atomic E-state index is 13.5. The molecule has 1 N–H and O–H groups in total. The molecule has 1 amide bonds. The van der Waals surface area contributed by atoms with E-state index in [0.29, 0.717) is 47.1 Å². The number of nitrogens with one attached hydrogen (secondary N) is 1. The first-order valence-corrected chi connectivity index (χ1v) is 13.3. The molecule has 0 atom stereocenters. The predicted octanol–water partition coefficient (Wildman–Crippen LogP) is 7.38. The van der Waals surface area contributed by atoms with Crippen molar-refractivity contribution in [3.05, 3.63) is 98.9 Å². The van der Waals surface area contributed by atoms with Gasteiger partial charge in [0.1, 0.15) is 10.9 Å². The monoisotopic (exact) mass is 588 g/mol. The Balaban J connectivity index is 1.45. The molecule has 0 saturated heterocycles. The van der Waals surface area contributed by atoms with E-state index in [1.807, 2.05) is 36.4 Å². The van der Waals surface area contributed by atoms with E-state index in [-0.39, 0.29) is 23.9 Å². The quantitative estimate of drug-likeness (QED) is 0.239. The molecule has 0 spiro atoms. The van der Waals surface area contributed by atoms with Crippen LogP contribution in [0.5, 0.6) is 5.75 Å². The van der Waals surface area contributed by atoms with Crippen molar-refractivity contribution in [1.29, 1.82) is 0 Å². The van der Waals surface area contributed by atoms with Crippen LogP contribution in [0.1, 0.15) is 27.9 Å². The van der Waals surface area contributed by atoms with Gasteiger partial charge in [0, 0.05) is 54.9 Å². The number of hydrogen-bond acceptors (Lipinski definition) is 4. The fraction of sp³-hybridized carbons (Fsp3) is 0.241. The summed E-state index contributed by atoms with van der Waals surface area (Å²) in [5.74, 6) is -0.286. The number of aryl methyl sites for hydroxylation is 1. The number of halogens is 5. The standard InChI is InChI=1S/C29H25Cl2F3N4O2/c1-18-13-25-22(15-26(18)40-29(32,33)34)23-17-37(11-2-3-19-4-6-21(30)7-5-19)12-9-24(23)38(25)28(39)36-16-20-8-10-35-27(31)14-20/h2-8,10,13-15H,9,11-12,16-17H2,1H3,(H,36,39)/b3-2+. The average Bonchev–Trinajstić information content (AvgIpc) is 3.20. The van der Waals surface area contributed by atoms with Gasteiger partial charge in [-0.05, 0) is 65.6 Å². The van der Waals surface area contributed by atoms with Crippen LogP contribution in [0.25, 0.3) is 17.0 Å². The van der Waals surface area contributed by atoms with Gasteiger partial charge in [-0.25, -0.2) is 9.78 Å². The number of amides is 1. The zero-order valence-electron chi connectivity index (χ0n) is 21.4. The summed E-state index contributed by atoms with van der Waals surface area (Å²) in [5.41, 5.74) is 4.15. The van der Waals surface area contributed by atoms with Crippen molar-refractivity contribution < 1.29 is 22.7 Å². The molecule has 1 aliphatic rings. The van der Waals surface area contributed by atoms with E-state index >= 15 is 0 Å². The second-order valence-electron chi connectivity index (χ2n) is 9.53. The SMILES string of the molecule is Cc1cc2c(cc1OC(F)(F)F)c1c(n2C(=O)NCc2ccnc(Cl)c2)CCN(C/C=C/c2ccc(Cl)cc2)C1. The zero-order chi connectivity index (χ0) is 28.4. The van der Waals surface area contributed by atoms with Crippen LogP contribution in [0, 0.1) is 6.92 Å². The van der Waals surface area contributed by atoms with Gasteiger partial charge in [0.05, 0.1) is 5.52 Å². The molecule has 0 radical (unpaired) electrons.